The highest BCUT2D eigenvalue weighted by molar-refractivity contribution is 8.00. The molecule has 1 aliphatic heterocycles. The molecule has 1 heterocycles. The Bertz CT molecular complexity index is 588. The molecule has 1 saturated heterocycles. The van der Waals surface area contributed by atoms with Crippen LogP contribution < -0.4 is 9.64 Å². The minimum absolute atomic E-state index is 0.0109. The van der Waals surface area contributed by atoms with E-state index in [1.54, 1.807) is 0 Å². The van der Waals surface area contributed by atoms with Gasteiger partial charge in [-0.2, -0.15) is 0 Å². The Labute approximate surface area is 123 Å². The summed E-state index contributed by atoms with van der Waals surface area (Å²) in [5.41, 5.74) is 0.0105. The number of rotatable bonds is 3. The molecule has 0 aromatic heterocycles. The first-order valence-corrected chi connectivity index (χ1v) is 7.03. The van der Waals surface area contributed by atoms with E-state index in [9.17, 15) is 14.4 Å². The van der Waals surface area contributed by atoms with Crippen LogP contribution in [0.4, 0.5) is 5.69 Å². The summed E-state index contributed by atoms with van der Waals surface area (Å²) in [7, 11) is 1.30. The van der Waals surface area contributed by atoms with Gasteiger partial charge in [-0.3, -0.25) is 9.59 Å². The quantitative estimate of drug-likeness (QED) is 0.854. The number of imide groups is 1. The number of hydrogen-bond donors (Lipinski definition) is 1. The van der Waals surface area contributed by atoms with Crippen molar-refractivity contribution in [1.29, 1.82) is 0 Å². The molecule has 0 unspecified atom stereocenters. The number of anilines is 1. The molecule has 1 fully saturated rings. The molecule has 0 atom stereocenters. The third-order valence-corrected chi connectivity index (χ3v) is 3.90. The number of benzene rings is 1. The monoisotopic (exact) mass is 315 g/mol. The lowest BCUT2D eigenvalue weighted by atomic mass is 10.1. The van der Waals surface area contributed by atoms with Crippen LogP contribution in [0.3, 0.4) is 0 Å². The minimum Gasteiger partial charge on any atom is -0.496 e. The van der Waals surface area contributed by atoms with Crippen LogP contribution in [0, 0.1) is 0 Å². The molecule has 1 aliphatic rings. The number of carboxylic acids is 1. The maximum atomic E-state index is 11.8. The Balaban J connectivity index is 2.54. The van der Waals surface area contributed by atoms with Gasteiger partial charge in [0.1, 0.15) is 11.3 Å². The number of carbonyl (C=O) groups excluding carboxylic acids is 2. The molecule has 1 aromatic rings. The van der Waals surface area contributed by atoms with Gasteiger partial charge in [0, 0.05) is 6.07 Å². The van der Waals surface area contributed by atoms with Crippen molar-refractivity contribution in [2.75, 3.05) is 23.5 Å². The number of hydrogen-bond acceptors (Lipinski definition) is 5. The van der Waals surface area contributed by atoms with Crippen molar-refractivity contribution in [1.82, 2.24) is 0 Å². The summed E-state index contributed by atoms with van der Waals surface area (Å²) in [6.07, 6.45) is 0. The fourth-order valence-corrected chi connectivity index (χ4v) is 2.77. The molecule has 106 valence electrons. The number of amides is 2. The zero-order chi connectivity index (χ0) is 14.9. The van der Waals surface area contributed by atoms with Gasteiger partial charge in [0.05, 0.1) is 29.3 Å². The predicted octanol–water partition coefficient (Wildman–Crippen LogP) is 1.65. The first-order valence-electron chi connectivity index (χ1n) is 5.50. The van der Waals surface area contributed by atoms with Crippen LogP contribution in [0.15, 0.2) is 12.1 Å². The first kappa shape index (κ1) is 14.7. The fourth-order valence-electron chi connectivity index (χ4n) is 1.81. The van der Waals surface area contributed by atoms with Gasteiger partial charge in [-0.25, -0.2) is 9.69 Å². The Morgan fingerprint density at radius 3 is 2.45 bits per heavy atom. The zero-order valence-electron chi connectivity index (χ0n) is 10.4. The summed E-state index contributed by atoms with van der Waals surface area (Å²) in [4.78, 5) is 35.7. The van der Waals surface area contributed by atoms with E-state index in [1.807, 2.05) is 0 Å². The molecular formula is C12H10ClNO5S. The number of halogens is 1. The van der Waals surface area contributed by atoms with Crippen LogP contribution >= 0.6 is 23.4 Å². The highest BCUT2D eigenvalue weighted by Crippen LogP contribution is 2.35. The van der Waals surface area contributed by atoms with Crippen molar-refractivity contribution in [3.05, 3.63) is 22.7 Å². The van der Waals surface area contributed by atoms with Crippen molar-refractivity contribution in [3.63, 3.8) is 0 Å². The summed E-state index contributed by atoms with van der Waals surface area (Å²) in [6.45, 7) is 0. The summed E-state index contributed by atoms with van der Waals surface area (Å²) in [6, 6.07) is 2.46. The summed E-state index contributed by atoms with van der Waals surface area (Å²) in [5.74, 6) is -1.61. The van der Waals surface area contributed by atoms with Gasteiger partial charge in [-0.1, -0.05) is 11.6 Å². The van der Waals surface area contributed by atoms with Gasteiger partial charge in [0.15, 0.2) is 0 Å². The number of carboxylic acid groups (broad SMARTS) is 1. The molecule has 0 bridgehead atoms. The SMILES string of the molecule is COc1cc(N2C(=O)CSCC2=O)c(Cl)cc1C(=O)O. The molecule has 2 amide bonds. The van der Waals surface area contributed by atoms with E-state index < -0.39 is 17.8 Å². The Morgan fingerprint density at radius 1 is 1.35 bits per heavy atom. The Hall–Kier alpha value is -1.73. The molecule has 20 heavy (non-hydrogen) atoms. The van der Waals surface area contributed by atoms with Crippen molar-refractivity contribution in [3.8, 4) is 5.75 Å². The third-order valence-electron chi connectivity index (χ3n) is 2.69. The summed E-state index contributed by atoms with van der Waals surface area (Å²) < 4.78 is 4.97. The smallest absolute Gasteiger partial charge is 0.339 e. The van der Waals surface area contributed by atoms with E-state index in [-0.39, 0.29) is 33.5 Å². The first-order chi connectivity index (χ1) is 9.45. The molecule has 2 rings (SSSR count). The number of ether oxygens (including phenoxy) is 1. The average molecular weight is 316 g/mol. The molecule has 0 radical (unpaired) electrons. The van der Waals surface area contributed by atoms with Gasteiger partial charge in [-0.05, 0) is 6.07 Å². The highest BCUT2D eigenvalue weighted by Gasteiger charge is 2.30. The molecule has 8 heteroatoms. The Morgan fingerprint density at radius 2 is 1.95 bits per heavy atom. The largest absolute Gasteiger partial charge is 0.496 e. The lowest BCUT2D eigenvalue weighted by Crippen LogP contribution is -2.43. The second-order valence-corrected chi connectivity index (χ2v) is 5.32. The normalized spacial score (nSPS) is 15.4. The van der Waals surface area contributed by atoms with E-state index in [1.165, 1.54) is 31.0 Å². The van der Waals surface area contributed by atoms with Crippen molar-refractivity contribution in [2.45, 2.75) is 0 Å². The number of carbonyl (C=O) groups is 3. The van der Waals surface area contributed by atoms with Crippen LogP contribution in [0.25, 0.3) is 0 Å². The maximum absolute atomic E-state index is 11.8. The third kappa shape index (κ3) is 2.59. The number of nitrogens with zero attached hydrogens (tertiary/aromatic N) is 1. The lowest BCUT2D eigenvalue weighted by molar-refractivity contribution is -0.124. The Kier molecular flexibility index (Phi) is 4.20. The highest BCUT2D eigenvalue weighted by atomic mass is 35.5. The van der Waals surface area contributed by atoms with Crippen LogP contribution in [0.1, 0.15) is 10.4 Å². The van der Waals surface area contributed by atoms with Crippen LogP contribution in [-0.4, -0.2) is 41.5 Å². The molecule has 1 aromatic carbocycles. The minimum atomic E-state index is -1.21. The van der Waals surface area contributed by atoms with Gasteiger partial charge >= 0.3 is 5.97 Å². The molecule has 0 saturated carbocycles. The molecule has 6 nitrogen and oxygen atoms in total. The van der Waals surface area contributed by atoms with Gasteiger partial charge < -0.3 is 9.84 Å². The van der Waals surface area contributed by atoms with E-state index in [2.05, 4.69) is 0 Å². The summed E-state index contributed by atoms with van der Waals surface area (Å²) in [5, 5.41) is 9.05. The van der Waals surface area contributed by atoms with E-state index in [0.29, 0.717) is 0 Å². The second kappa shape index (κ2) is 5.72. The molecule has 0 spiro atoms. The van der Waals surface area contributed by atoms with Crippen LogP contribution in [0.2, 0.25) is 5.02 Å². The van der Waals surface area contributed by atoms with Crippen LogP contribution in [-0.2, 0) is 9.59 Å². The number of aromatic carboxylic acids is 1. The summed E-state index contributed by atoms with van der Waals surface area (Å²) >= 11 is 7.22. The zero-order valence-corrected chi connectivity index (χ0v) is 12.0. The van der Waals surface area contributed by atoms with Crippen molar-refractivity contribution >= 4 is 46.8 Å². The van der Waals surface area contributed by atoms with Gasteiger partial charge in [0.25, 0.3) is 0 Å². The van der Waals surface area contributed by atoms with E-state index in [0.717, 1.165) is 4.90 Å². The molecular weight excluding hydrogens is 306 g/mol. The lowest BCUT2D eigenvalue weighted by Gasteiger charge is -2.26. The van der Waals surface area contributed by atoms with Gasteiger partial charge in [0.2, 0.25) is 11.8 Å². The van der Waals surface area contributed by atoms with E-state index in [4.69, 9.17) is 21.4 Å². The van der Waals surface area contributed by atoms with Gasteiger partial charge in [-0.15, -0.1) is 11.8 Å². The maximum Gasteiger partial charge on any atom is 0.339 e. The van der Waals surface area contributed by atoms with E-state index >= 15 is 0 Å². The number of methoxy groups -OCH3 is 1. The standard InChI is InChI=1S/C12H10ClNO5S/c1-19-9-3-8(7(13)2-6(9)12(17)18)14-10(15)4-20-5-11(14)16/h2-3H,4-5H2,1H3,(H,17,18). The average Bonchev–Trinajstić information content (AvgIpc) is 2.39. The molecule has 0 aliphatic carbocycles. The predicted molar refractivity (Wildman–Crippen MR) is 74.8 cm³/mol. The molecule has 1 N–H and O–H groups in total. The van der Waals surface area contributed by atoms with Crippen molar-refractivity contribution < 1.29 is 24.2 Å². The van der Waals surface area contributed by atoms with Crippen molar-refractivity contribution in [2.24, 2.45) is 0 Å². The van der Waals surface area contributed by atoms with Crippen LogP contribution in [0.5, 0.6) is 5.75 Å². The topological polar surface area (TPSA) is 83.9 Å². The fraction of sp³-hybridized carbons (Fsp3) is 0.250. The second-order valence-electron chi connectivity index (χ2n) is 3.92. The number of thioether (sulfide) groups is 1.